The molecule has 1 aromatic rings. The summed E-state index contributed by atoms with van der Waals surface area (Å²) in [7, 11) is 0. The van der Waals surface area contributed by atoms with Gasteiger partial charge in [0.15, 0.2) is 0 Å². The first-order chi connectivity index (χ1) is 9.31. The molecule has 1 saturated heterocycles. The molecule has 0 aromatic carbocycles. The first-order valence-corrected chi connectivity index (χ1v) is 7.14. The Morgan fingerprint density at radius 2 is 2.26 bits per heavy atom. The highest BCUT2D eigenvalue weighted by Gasteiger charge is 2.35. The number of likely N-dealkylation sites (tertiary alicyclic amines) is 1. The van der Waals surface area contributed by atoms with Crippen LogP contribution in [0.3, 0.4) is 0 Å². The molecule has 0 bridgehead atoms. The van der Waals surface area contributed by atoms with Crippen molar-refractivity contribution in [2.24, 2.45) is 0 Å². The maximum Gasteiger partial charge on any atom is 0.225 e. The molecule has 1 fully saturated rings. The number of pyridine rings is 1. The third kappa shape index (κ3) is 3.94. The number of hydrogen-bond acceptors (Lipinski definition) is 3. The molecule has 0 radical (unpaired) electrons. The number of amides is 1. The van der Waals surface area contributed by atoms with Crippen molar-refractivity contribution in [3.8, 4) is 5.88 Å². The highest BCUT2D eigenvalue weighted by Crippen LogP contribution is 2.21. The Morgan fingerprint density at radius 3 is 2.95 bits per heavy atom. The van der Waals surface area contributed by atoms with Crippen molar-refractivity contribution in [2.45, 2.75) is 45.1 Å². The van der Waals surface area contributed by atoms with Gasteiger partial charge in [0.1, 0.15) is 6.61 Å². The van der Waals surface area contributed by atoms with Crippen LogP contribution >= 0.6 is 0 Å². The normalized spacial score (nSPS) is 18.3. The van der Waals surface area contributed by atoms with E-state index >= 15 is 0 Å². The van der Waals surface area contributed by atoms with Crippen molar-refractivity contribution in [3.05, 3.63) is 24.4 Å². The third-order valence-corrected chi connectivity index (χ3v) is 3.49. The van der Waals surface area contributed by atoms with Gasteiger partial charge in [0.05, 0.1) is 12.5 Å². The van der Waals surface area contributed by atoms with E-state index in [4.69, 9.17) is 4.74 Å². The molecule has 0 N–H and O–H groups in total. The number of ether oxygens (including phenoxy) is 1. The Labute approximate surface area is 114 Å². The molecule has 19 heavy (non-hydrogen) atoms. The molecule has 1 aliphatic heterocycles. The van der Waals surface area contributed by atoms with Gasteiger partial charge >= 0.3 is 0 Å². The summed E-state index contributed by atoms with van der Waals surface area (Å²) in [4.78, 5) is 17.6. The lowest BCUT2D eigenvalue weighted by Crippen LogP contribution is -2.55. The van der Waals surface area contributed by atoms with E-state index in [0.29, 0.717) is 18.9 Å². The van der Waals surface area contributed by atoms with Crippen LogP contribution in [0.25, 0.3) is 0 Å². The fourth-order valence-corrected chi connectivity index (χ4v) is 2.30. The Bertz CT molecular complexity index is 394. The number of rotatable bonds is 8. The van der Waals surface area contributed by atoms with E-state index in [1.807, 2.05) is 23.1 Å². The standard InChI is InChI=1S/C15H22N2O2/c1-2-3-4-7-10-17-13(11-15(17)18)12-19-14-8-5-6-9-16-14/h5-6,8-9,13H,2-4,7,10-12H2,1H3/t13-/m1/s1. The summed E-state index contributed by atoms with van der Waals surface area (Å²) >= 11 is 0. The smallest absolute Gasteiger partial charge is 0.225 e. The van der Waals surface area contributed by atoms with E-state index in [1.165, 1.54) is 19.3 Å². The van der Waals surface area contributed by atoms with Gasteiger partial charge in [-0.25, -0.2) is 4.98 Å². The molecule has 4 heteroatoms. The van der Waals surface area contributed by atoms with Crippen molar-refractivity contribution in [1.82, 2.24) is 9.88 Å². The average Bonchev–Trinajstić information content (AvgIpc) is 2.44. The molecular formula is C15H22N2O2. The van der Waals surface area contributed by atoms with E-state index < -0.39 is 0 Å². The lowest BCUT2D eigenvalue weighted by molar-refractivity contribution is -0.147. The summed E-state index contributed by atoms with van der Waals surface area (Å²) in [6.45, 7) is 3.61. The first-order valence-electron chi connectivity index (χ1n) is 7.14. The molecule has 1 atom stereocenters. The summed E-state index contributed by atoms with van der Waals surface area (Å²) < 4.78 is 5.61. The molecule has 2 heterocycles. The van der Waals surface area contributed by atoms with Crippen LogP contribution in [-0.4, -0.2) is 35.0 Å². The number of hydrogen-bond donors (Lipinski definition) is 0. The quantitative estimate of drug-likeness (QED) is 0.534. The van der Waals surface area contributed by atoms with Crippen LogP contribution in [0.2, 0.25) is 0 Å². The number of nitrogens with zero attached hydrogens (tertiary/aromatic N) is 2. The number of β-lactam (4-membered cyclic amide) rings is 1. The molecule has 2 rings (SSSR count). The summed E-state index contributed by atoms with van der Waals surface area (Å²) in [5.74, 6) is 0.888. The zero-order chi connectivity index (χ0) is 13.5. The summed E-state index contributed by atoms with van der Waals surface area (Å²) in [6.07, 6.45) is 7.09. The van der Waals surface area contributed by atoms with Crippen LogP contribution in [0.5, 0.6) is 5.88 Å². The fourth-order valence-electron chi connectivity index (χ4n) is 2.30. The molecule has 1 aromatic heterocycles. The van der Waals surface area contributed by atoms with Crippen molar-refractivity contribution in [2.75, 3.05) is 13.2 Å². The van der Waals surface area contributed by atoms with Gasteiger partial charge in [0.25, 0.3) is 0 Å². The van der Waals surface area contributed by atoms with Gasteiger partial charge in [-0.3, -0.25) is 4.79 Å². The topological polar surface area (TPSA) is 42.4 Å². The minimum absolute atomic E-state index is 0.233. The predicted octanol–water partition coefficient (Wildman–Crippen LogP) is 2.64. The van der Waals surface area contributed by atoms with Gasteiger partial charge in [-0.2, -0.15) is 0 Å². The van der Waals surface area contributed by atoms with Crippen LogP contribution in [0.1, 0.15) is 39.0 Å². The van der Waals surface area contributed by atoms with E-state index in [1.54, 1.807) is 6.20 Å². The van der Waals surface area contributed by atoms with Gasteiger partial charge in [0, 0.05) is 18.8 Å². The number of carbonyl (C=O) groups excluding carboxylic acids is 1. The second-order valence-corrected chi connectivity index (χ2v) is 4.98. The predicted molar refractivity (Wildman–Crippen MR) is 74.0 cm³/mol. The second kappa shape index (κ2) is 7.12. The van der Waals surface area contributed by atoms with Crippen LogP contribution in [0.4, 0.5) is 0 Å². The lowest BCUT2D eigenvalue weighted by Gasteiger charge is -2.40. The van der Waals surface area contributed by atoms with Crippen molar-refractivity contribution in [1.29, 1.82) is 0 Å². The molecule has 104 valence electrons. The summed E-state index contributed by atoms with van der Waals surface area (Å²) in [5.41, 5.74) is 0. The van der Waals surface area contributed by atoms with Crippen LogP contribution in [-0.2, 0) is 4.79 Å². The molecule has 0 unspecified atom stereocenters. The Balaban J connectivity index is 1.70. The Kier molecular flexibility index (Phi) is 5.19. The third-order valence-electron chi connectivity index (χ3n) is 3.49. The van der Waals surface area contributed by atoms with E-state index in [0.717, 1.165) is 13.0 Å². The zero-order valence-electron chi connectivity index (χ0n) is 11.5. The maximum absolute atomic E-state index is 11.6. The minimum Gasteiger partial charge on any atom is -0.475 e. The summed E-state index contributed by atoms with van der Waals surface area (Å²) in [5, 5.41) is 0. The van der Waals surface area contributed by atoms with Gasteiger partial charge in [0.2, 0.25) is 11.8 Å². The van der Waals surface area contributed by atoms with Crippen LogP contribution < -0.4 is 4.74 Å². The second-order valence-electron chi connectivity index (χ2n) is 4.98. The van der Waals surface area contributed by atoms with E-state index in [-0.39, 0.29) is 11.9 Å². The van der Waals surface area contributed by atoms with E-state index in [9.17, 15) is 4.79 Å². The average molecular weight is 262 g/mol. The zero-order valence-corrected chi connectivity index (χ0v) is 11.5. The molecule has 0 aliphatic carbocycles. The molecule has 1 aliphatic rings. The Hall–Kier alpha value is -1.58. The number of unbranched alkanes of at least 4 members (excludes halogenated alkanes) is 3. The van der Waals surface area contributed by atoms with Crippen LogP contribution in [0.15, 0.2) is 24.4 Å². The van der Waals surface area contributed by atoms with Crippen molar-refractivity contribution < 1.29 is 9.53 Å². The van der Waals surface area contributed by atoms with Gasteiger partial charge in [-0.15, -0.1) is 0 Å². The Morgan fingerprint density at radius 1 is 1.37 bits per heavy atom. The monoisotopic (exact) mass is 262 g/mol. The molecular weight excluding hydrogens is 240 g/mol. The first kappa shape index (κ1) is 13.8. The number of aromatic nitrogens is 1. The van der Waals surface area contributed by atoms with Crippen molar-refractivity contribution >= 4 is 5.91 Å². The number of carbonyl (C=O) groups is 1. The molecule has 4 nitrogen and oxygen atoms in total. The maximum atomic E-state index is 11.6. The SMILES string of the molecule is CCCCCCN1C(=O)C[C@@H]1COc1ccccn1. The van der Waals surface area contributed by atoms with Crippen LogP contribution in [0, 0.1) is 0 Å². The van der Waals surface area contributed by atoms with Crippen molar-refractivity contribution in [3.63, 3.8) is 0 Å². The minimum atomic E-state index is 0.233. The van der Waals surface area contributed by atoms with E-state index in [2.05, 4.69) is 11.9 Å². The summed E-state index contributed by atoms with van der Waals surface area (Å²) in [6, 6.07) is 5.83. The lowest BCUT2D eigenvalue weighted by atomic mass is 10.0. The van der Waals surface area contributed by atoms with Gasteiger partial charge < -0.3 is 9.64 Å². The molecule has 0 spiro atoms. The largest absolute Gasteiger partial charge is 0.475 e. The molecule has 0 saturated carbocycles. The highest BCUT2D eigenvalue weighted by molar-refractivity contribution is 5.83. The highest BCUT2D eigenvalue weighted by atomic mass is 16.5. The fraction of sp³-hybridized carbons (Fsp3) is 0.600. The van der Waals surface area contributed by atoms with Gasteiger partial charge in [-0.05, 0) is 12.5 Å². The molecule has 1 amide bonds. The van der Waals surface area contributed by atoms with Gasteiger partial charge in [-0.1, -0.05) is 32.3 Å².